The predicted molar refractivity (Wildman–Crippen MR) is 103 cm³/mol. The van der Waals surface area contributed by atoms with Crippen molar-refractivity contribution < 1.29 is 9.47 Å². The van der Waals surface area contributed by atoms with Gasteiger partial charge >= 0.3 is 0 Å². The van der Waals surface area contributed by atoms with E-state index in [4.69, 9.17) is 9.47 Å². The fourth-order valence-electron chi connectivity index (χ4n) is 4.40. The van der Waals surface area contributed by atoms with Crippen LogP contribution < -0.4 is 14.4 Å². The Balaban J connectivity index is 1.35. The highest BCUT2D eigenvalue weighted by molar-refractivity contribution is 7.16. The number of benzene rings is 1. The Hall–Kier alpha value is -2.34. The molecule has 2 fully saturated rings. The summed E-state index contributed by atoms with van der Waals surface area (Å²) >= 11 is 1.68. The van der Waals surface area contributed by atoms with Gasteiger partial charge in [0.05, 0.1) is 12.5 Å². The zero-order valence-electron chi connectivity index (χ0n) is 14.7. The molecule has 2 aromatic heterocycles. The molecule has 0 aliphatic carbocycles. The average molecular weight is 367 g/mol. The third-order valence-corrected chi connectivity index (χ3v) is 6.36. The van der Waals surface area contributed by atoms with Crippen LogP contribution in [-0.2, 0) is 0 Å². The standard InChI is InChI=1S/C20H21N3O2S/c1-24-15-4-6-16(7-5-15)25-17-10-13-2-3-14(11-17)23(13)19-18-8-9-26-20(18)22-12-21-19/h4-9,12-14,17H,2-3,10-11H2,1H3/t13-,14-/m0/s1. The molecule has 5 nitrogen and oxygen atoms in total. The minimum absolute atomic E-state index is 0.261. The number of rotatable bonds is 4. The summed E-state index contributed by atoms with van der Waals surface area (Å²) in [5.41, 5.74) is 0. The number of fused-ring (bicyclic) bond motifs is 3. The lowest BCUT2D eigenvalue weighted by Crippen LogP contribution is -2.46. The molecule has 134 valence electrons. The van der Waals surface area contributed by atoms with Crippen LogP contribution in [0.4, 0.5) is 5.82 Å². The maximum absolute atomic E-state index is 6.28. The molecule has 0 spiro atoms. The fraction of sp³-hybridized carbons (Fsp3) is 0.400. The van der Waals surface area contributed by atoms with Gasteiger partial charge in [0.15, 0.2) is 0 Å². The van der Waals surface area contributed by atoms with Crippen molar-refractivity contribution >= 4 is 27.4 Å². The van der Waals surface area contributed by atoms with E-state index in [0.717, 1.165) is 35.0 Å². The van der Waals surface area contributed by atoms with E-state index in [1.807, 2.05) is 24.3 Å². The van der Waals surface area contributed by atoms with E-state index >= 15 is 0 Å². The Labute approximate surface area is 156 Å². The molecule has 1 aromatic carbocycles. The number of aromatic nitrogens is 2. The minimum atomic E-state index is 0.261. The van der Waals surface area contributed by atoms with E-state index in [1.54, 1.807) is 24.8 Å². The van der Waals surface area contributed by atoms with E-state index in [0.29, 0.717) is 12.1 Å². The first-order chi connectivity index (χ1) is 12.8. The number of hydrogen-bond donors (Lipinski definition) is 0. The first kappa shape index (κ1) is 15.9. The van der Waals surface area contributed by atoms with Crippen LogP contribution >= 0.6 is 11.3 Å². The highest BCUT2D eigenvalue weighted by atomic mass is 32.1. The summed E-state index contributed by atoms with van der Waals surface area (Å²) in [6, 6.07) is 11.0. The zero-order valence-corrected chi connectivity index (χ0v) is 15.5. The van der Waals surface area contributed by atoms with Crippen molar-refractivity contribution in [2.75, 3.05) is 12.0 Å². The molecule has 5 rings (SSSR count). The normalized spacial score (nSPS) is 24.8. The van der Waals surface area contributed by atoms with Gasteiger partial charge in [-0.3, -0.25) is 0 Å². The van der Waals surface area contributed by atoms with Crippen molar-refractivity contribution in [2.24, 2.45) is 0 Å². The lowest BCUT2D eigenvalue weighted by molar-refractivity contribution is 0.150. The molecule has 2 aliphatic heterocycles. The lowest BCUT2D eigenvalue weighted by Gasteiger charge is -2.39. The molecule has 2 saturated heterocycles. The summed E-state index contributed by atoms with van der Waals surface area (Å²) in [5, 5.41) is 3.29. The number of ether oxygens (including phenoxy) is 2. The largest absolute Gasteiger partial charge is 0.497 e. The lowest BCUT2D eigenvalue weighted by atomic mass is 9.99. The van der Waals surface area contributed by atoms with Crippen LogP contribution in [0.25, 0.3) is 10.2 Å². The summed E-state index contributed by atoms with van der Waals surface area (Å²) in [6.45, 7) is 0. The molecule has 0 amide bonds. The highest BCUT2D eigenvalue weighted by Crippen LogP contribution is 2.42. The number of anilines is 1. The number of methoxy groups -OCH3 is 1. The van der Waals surface area contributed by atoms with Crippen molar-refractivity contribution in [3.8, 4) is 11.5 Å². The molecule has 26 heavy (non-hydrogen) atoms. The number of hydrogen-bond acceptors (Lipinski definition) is 6. The van der Waals surface area contributed by atoms with E-state index in [-0.39, 0.29) is 6.10 Å². The van der Waals surface area contributed by atoms with Crippen molar-refractivity contribution in [1.29, 1.82) is 0 Å². The summed E-state index contributed by atoms with van der Waals surface area (Å²) < 4.78 is 11.5. The van der Waals surface area contributed by atoms with Gasteiger partial charge in [0, 0.05) is 24.9 Å². The number of piperidine rings is 1. The second-order valence-electron chi connectivity index (χ2n) is 7.02. The van der Waals surface area contributed by atoms with Crippen LogP contribution in [0, 0.1) is 0 Å². The van der Waals surface area contributed by atoms with Crippen LogP contribution in [0.2, 0.25) is 0 Å². The van der Waals surface area contributed by atoms with Gasteiger partial charge in [0.25, 0.3) is 0 Å². The quantitative estimate of drug-likeness (QED) is 0.689. The third kappa shape index (κ3) is 2.69. The maximum atomic E-state index is 6.28. The van der Waals surface area contributed by atoms with Gasteiger partial charge in [-0.2, -0.15) is 0 Å². The van der Waals surface area contributed by atoms with Crippen molar-refractivity contribution in [1.82, 2.24) is 9.97 Å². The molecule has 2 atom stereocenters. The van der Waals surface area contributed by atoms with Crippen molar-refractivity contribution in [3.05, 3.63) is 42.0 Å². The minimum Gasteiger partial charge on any atom is -0.497 e. The topological polar surface area (TPSA) is 47.5 Å². The molecule has 0 unspecified atom stereocenters. The molecule has 2 bridgehead atoms. The second-order valence-corrected chi connectivity index (χ2v) is 7.91. The van der Waals surface area contributed by atoms with Crippen LogP contribution in [0.15, 0.2) is 42.0 Å². The van der Waals surface area contributed by atoms with Gasteiger partial charge in [-0.1, -0.05) is 0 Å². The van der Waals surface area contributed by atoms with Crippen molar-refractivity contribution in [3.63, 3.8) is 0 Å². The van der Waals surface area contributed by atoms with E-state index in [9.17, 15) is 0 Å². The summed E-state index contributed by atoms with van der Waals surface area (Å²) in [5.74, 6) is 2.88. The predicted octanol–water partition coefficient (Wildman–Crippen LogP) is 4.28. The molecule has 0 radical (unpaired) electrons. The highest BCUT2D eigenvalue weighted by Gasteiger charge is 2.42. The monoisotopic (exact) mass is 367 g/mol. The SMILES string of the molecule is COc1ccc(OC2C[C@@H]3CC[C@@H](C2)N3c2ncnc3sccc23)cc1. The van der Waals surface area contributed by atoms with Crippen LogP contribution in [0.3, 0.4) is 0 Å². The first-order valence-corrected chi connectivity index (χ1v) is 9.97. The Morgan fingerprint density at radius 2 is 1.73 bits per heavy atom. The Bertz CT molecular complexity index is 897. The van der Waals surface area contributed by atoms with Gasteiger partial charge in [-0.25, -0.2) is 9.97 Å². The Morgan fingerprint density at radius 1 is 1.00 bits per heavy atom. The molecule has 0 saturated carbocycles. The van der Waals surface area contributed by atoms with Crippen LogP contribution in [0.5, 0.6) is 11.5 Å². The average Bonchev–Trinajstić information content (AvgIpc) is 3.25. The van der Waals surface area contributed by atoms with E-state index in [2.05, 4.69) is 26.3 Å². The van der Waals surface area contributed by atoms with Gasteiger partial charge < -0.3 is 14.4 Å². The fourth-order valence-corrected chi connectivity index (χ4v) is 5.13. The summed E-state index contributed by atoms with van der Waals surface area (Å²) in [6.07, 6.45) is 6.46. The smallest absolute Gasteiger partial charge is 0.141 e. The van der Waals surface area contributed by atoms with Crippen LogP contribution in [0.1, 0.15) is 25.7 Å². The Kier molecular flexibility index (Phi) is 3.93. The second kappa shape index (κ2) is 6.43. The third-order valence-electron chi connectivity index (χ3n) is 5.54. The molecule has 6 heteroatoms. The molecular formula is C20H21N3O2S. The molecular weight excluding hydrogens is 346 g/mol. The molecule has 0 N–H and O–H groups in total. The van der Waals surface area contributed by atoms with Gasteiger partial charge in [0.1, 0.15) is 34.6 Å². The number of nitrogens with zero attached hydrogens (tertiary/aromatic N) is 3. The Morgan fingerprint density at radius 3 is 2.46 bits per heavy atom. The van der Waals surface area contributed by atoms with Gasteiger partial charge in [-0.15, -0.1) is 11.3 Å². The zero-order chi connectivity index (χ0) is 17.5. The van der Waals surface area contributed by atoms with E-state index < -0.39 is 0 Å². The summed E-state index contributed by atoms with van der Waals surface area (Å²) in [4.78, 5) is 12.6. The van der Waals surface area contributed by atoms with Gasteiger partial charge in [0.2, 0.25) is 0 Å². The molecule has 2 aliphatic rings. The maximum Gasteiger partial charge on any atom is 0.141 e. The van der Waals surface area contributed by atoms with Gasteiger partial charge in [-0.05, 0) is 48.6 Å². The molecule has 3 aromatic rings. The van der Waals surface area contributed by atoms with E-state index in [1.165, 1.54) is 18.2 Å². The molecule has 4 heterocycles. The van der Waals surface area contributed by atoms with Crippen LogP contribution in [-0.4, -0.2) is 35.3 Å². The number of thiophene rings is 1. The summed E-state index contributed by atoms with van der Waals surface area (Å²) in [7, 11) is 1.68. The first-order valence-electron chi connectivity index (χ1n) is 9.09. The van der Waals surface area contributed by atoms with Crippen molar-refractivity contribution in [2.45, 2.75) is 43.9 Å².